The number of ether oxygens (including phenoxy) is 1. The summed E-state index contributed by atoms with van der Waals surface area (Å²) in [6.45, 7) is 6.03. The lowest BCUT2D eigenvalue weighted by molar-refractivity contribution is -0.114. The first kappa shape index (κ1) is 20.5. The third-order valence-corrected chi connectivity index (χ3v) is 6.71. The number of amides is 1. The van der Waals surface area contributed by atoms with Crippen LogP contribution in [-0.4, -0.2) is 43.7 Å². The lowest BCUT2D eigenvalue weighted by Gasteiger charge is -2.20. The Balaban J connectivity index is 1.72. The molecule has 1 aromatic heterocycles. The van der Waals surface area contributed by atoms with Gasteiger partial charge in [0, 0.05) is 23.1 Å². The second kappa shape index (κ2) is 8.16. The van der Waals surface area contributed by atoms with Gasteiger partial charge in [0.2, 0.25) is 5.17 Å². The molecule has 154 valence electrons. The number of aliphatic imine (C=N–C) groups is 1. The van der Waals surface area contributed by atoms with Crippen molar-refractivity contribution in [2.75, 3.05) is 12.9 Å². The fourth-order valence-corrected chi connectivity index (χ4v) is 5.22. The quantitative estimate of drug-likeness (QED) is 0.713. The summed E-state index contributed by atoms with van der Waals surface area (Å²) >= 11 is 2.90. The summed E-state index contributed by atoms with van der Waals surface area (Å²) in [5, 5.41) is 14.8. The summed E-state index contributed by atoms with van der Waals surface area (Å²) in [4.78, 5) is 16.8. The van der Waals surface area contributed by atoms with Crippen molar-refractivity contribution in [1.82, 2.24) is 9.58 Å². The lowest BCUT2D eigenvalue weighted by Crippen LogP contribution is -2.35. The van der Waals surface area contributed by atoms with Gasteiger partial charge < -0.3 is 9.30 Å². The van der Waals surface area contributed by atoms with Crippen molar-refractivity contribution in [2.45, 2.75) is 20.8 Å². The van der Waals surface area contributed by atoms with Crippen molar-refractivity contribution in [3.8, 4) is 11.4 Å². The Labute approximate surface area is 183 Å². The van der Waals surface area contributed by atoms with Gasteiger partial charge in [-0.05, 0) is 61.2 Å². The number of methoxy groups -OCH3 is 1. The molecule has 0 unspecified atom stereocenters. The highest BCUT2D eigenvalue weighted by Gasteiger charge is 2.35. The van der Waals surface area contributed by atoms with Crippen LogP contribution in [0.2, 0.25) is 0 Å². The molecule has 1 amide bonds. The zero-order chi connectivity index (χ0) is 21.4. The molecule has 0 bridgehead atoms. The van der Waals surface area contributed by atoms with Gasteiger partial charge in [-0.2, -0.15) is 10.0 Å². The number of hydrogen-bond donors (Lipinski definition) is 1. The molecule has 0 aliphatic carbocycles. The second-order valence-corrected chi connectivity index (χ2v) is 9.15. The molecule has 4 rings (SSSR count). The third-order valence-electron chi connectivity index (χ3n) is 4.79. The number of hydrazone groups is 1. The number of carbonyl (C=O) groups is 1. The van der Waals surface area contributed by atoms with Crippen molar-refractivity contribution in [2.24, 2.45) is 10.1 Å². The highest BCUT2D eigenvalue weighted by atomic mass is 32.2. The Kier molecular flexibility index (Phi) is 5.57. The van der Waals surface area contributed by atoms with Gasteiger partial charge in [-0.25, -0.2) is 0 Å². The summed E-state index contributed by atoms with van der Waals surface area (Å²) in [6.07, 6.45) is 1.73. The predicted molar refractivity (Wildman–Crippen MR) is 125 cm³/mol. The number of amidine groups is 2. The Bertz CT molecular complexity index is 1150. The average Bonchev–Trinajstić information content (AvgIpc) is 3.25. The van der Waals surface area contributed by atoms with Gasteiger partial charge in [-0.15, -0.1) is 5.10 Å². The van der Waals surface area contributed by atoms with Gasteiger partial charge in [0.05, 0.1) is 12.7 Å². The Morgan fingerprint density at radius 1 is 1.30 bits per heavy atom. The molecule has 30 heavy (non-hydrogen) atoms. The van der Waals surface area contributed by atoms with E-state index < -0.39 is 5.91 Å². The van der Waals surface area contributed by atoms with E-state index in [1.165, 1.54) is 16.8 Å². The predicted octanol–water partition coefficient (Wildman–Crippen LogP) is 4.43. The summed E-state index contributed by atoms with van der Waals surface area (Å²) in [7, 11) is 1.64. The van der Waals surface area contributed by atoms with E-state index in [0.29, 0.717) is 5.17 Å². The molecular weight excluding hydrogens is 418 g/mol. The molecule has 1 N–H and O–H groups in total. The summed E-state index contributed by atoms with van der Waals surface area (Å²) in [5.74, 6) is 1.28. The number of rotatable bonds is 4. The molecule has 2 aliphatic heterocycles. The zero-order valence-electron chi connectivity index (χ0n) is 17.1. The summed E-state index contributed by atoms with van der Waals surface area (Å²) < 4.78 is 8.24. The van der Waals surface area contributed by atoms with Crippen molar-refractivity contribution in [3.63, 3.8) is 0 Å². The molecule has 2 aromatic rings. The first-order chi connectivity index (χ1) is 14.4. The van der Waals surface area contributed by atoms with E-state index in [-0.39, 0.29) is 11.4 Å². The molecule has 1 aromatic carbocycles. The maximum absolute atomic E-state index is 12.7. The zero-order valence-corrected chi connectivity index (χ0v) is 18.7. The molecule has 9 heteroatoms. The first-order valence-electron chi connectivity index (χ1n) is 9.39. The number of nitrogens with zero attached hydrogens (tertiary/aromatic N) is 4. The van der Waals surface area contributed by atoms with Crippen LogP contribution in [0.25, 0.3) is 11.8 Å². The van der Waals surface area contributed by atoms with Gasteiger partial charge in [-0.1, -0.05) is 24.8 Å². The van der Waals surface area contributed by atoms with E-state index in [9.17, 15) is 4.79 Å². The minimum absolute atomic E-state index is 0.0513. The summed E-state index contributed by atoms with van der Waals surface area (Å²) in [5.41, 5.74) is 4.05. The van der Waals surface area contributed by atoms with E-state index in [4.69, 9.17) is 10.1 Å². The van der Waals surface area contributed by atoms with Gasteiger partial charge >= 0.3 is 0 Å². The van der Waals surface area contributed by atoms with Crippen LogP contribution in [0.15, 0.2) is 46.0 Å². The monoisotopic (exact) mass is 439 g/mol. The van der Waals surface area contributed by atoms with Crippen molar-refractivity contribution < 1.29 is 9.53 Å². The number of hydrogen-bond acceptors (Lipinski definition) is 6. The van der Waals surface area contributed by atoms with Crippen LogP contribution in [-0.2, 0) is 4.79 Å². The standard InChI is InChI=1S/C21H21N5O2S2/c1-5-29-21-24-26-18(22)17(19(27)23-20(26)30-21)10-14-9-12(2)25(13(14)3)15-7-6-8-16(11-15)28-4/h6-11,22H,5H2,1-4H3/b17-10-,22-18?. The first-order valence-corrected chi connectivity index (χ1v) is 11.2. The highest BCUT2D eigenvalue weighted by molar-refractivity contribution is 8.45. The molecule has 0 atom stereocenters. The molecule has 0 saturated carbocycles. The maximum atomic E-state index is 12.7. The lowest BCUT2D eigenvalue weighted by atomic mass is 10.1. The Hall–Kier alpha value is -2.78. The van der Waals surface area contributed by atoms with Crippen molar-refractivity contribution in [1.29, 1.82) is 5.41 Å². The number of thioether (sulfide) groups is 2. The van der Waals surface area contributed by atoms with Gasteiger partial charge in [0.1, 0.15) is 5.75 Å². The molecule has 7 nitrogen and oxygen atoms in total. The smallest absolute Gasteiger partial charge is 0.283 e. The van der Waals surface area contributed by atoms with Gasteiger partial charge in [-0.3, -0.25) is 10.2 Å². The number of aryl methyl sites for hydroxylation is 1. The molecular formula is C21H21N5O2S2. The molecule has 2 aliphatic rings. The van der Waals surface area contributed by atoms with E-state index in [2.05, 4.69) is 14.7 Å². The van der Waals surface area contributed by atoms with Gasteiger partial charge in [0.15, 0.2) is 10.2 Å². The molecule has 3 heterocycles. The van der Waals surface area contributed by atoms with Crippen LogP contribution in [0.4, 0.5) is 0 Å². The largest absolute Gasteiger partial charge is 0.497 e. The SMILES string of the molecule is CCSC1=NN2C(=N)/C(=C/c3cc(C)n(-c4cccc(OC)c4)c3C)C(=O)N=C2S1. The van der Waals surface area contributed by atoms with Crippen LogP contribution in [0.3, 0.4) is 0 Å². The van der Waals surface area contributed by atoms with Gasteiger partial charge in [0.25, 0.3) is 5.91 Å². The average molecular weight is 440 g/mol. The number of carbonyl (C=O) groups excluding carboxylic acids is 1. The topological polar surface area (TPSA) is 83.0 Å². The molecule has 0 saturated heterocycles. The van der Waals surface area contributed by atoms with E-state index in [1.807, 2.05) is 51.1 Å². The van der Waals surface area contributed by atoms with Crippen LogP contribution < -0.4 is 4.74 Å². The van der Waals surface area contributed by atoms with Crippen LogP contribution >= 0.6 is 23.5 Å². The number of aromatic nitrogens is 1. The third kappa shape index (κ3) is 3.59. The highest BCUT2D eigenvalue weighted by Crippen LogP contribution is 2.33. The molecule has 0 fully saturated rings. The normalized spacial score (nSPS) is 17.3. The van der Waals surface area contributed by atoms with E-state index in [1.54, 1.807) is 24.9 Å². The van der Waals surface area contributed by atoms with Crippen LogP contribution in [0, 0.1) is 19.3 Å². The fourth-order valence-electron chi connectivity index (χ4n) is 3.39. The second-order valence-electron chi connectivity index (χ2n) is 6.68. The van der Waals surface area contributed by atoms with Crippen LogP contribution in [0.5, 0.6) is 5.75 Å². The minimum Gasteiger partial charge on any atom is -0.497 e. The number of benzene rings is 1. The van der Waals surface area contributed by atoms with Crippen molar-refractivity contribution in [3.05, 3.63) is 52.9 Å². The van der Waals surface area contributed by atoms with Crippen molar-refractivity contribution >= 4 is 50.9 Å². The van der Waals surface area contributed by atoms with E-state index >= 15 is 0 Å². The fraction of sp³-hybridized carbons (Fsp3) is 0.238. The molecule has 0 radical (unpaired) electrons. The Morgan fingerprint density at radius 2 is 2.10 bits per heavy atom. The number of nitrogens with one attached hydrogen (secondary N) is 1. The number of fused-ring (bicyclic) bond motifs is 1. The maximum Gasteiger partial charge on any atom is 0.283 e. The molecule has 0 spiro atoms. The Morgan fingerprint density at radius 3 is 2.83 bits per heavy atom. The minimum atomic E-state index is -0.414. The van der Waals surface area contributed by atoms with Crippen LogP contribution in [0.1, 0.15) is 23.9 Å². The van der Waals surface area contributed by atoms with E-state index in [0.717, 1.165) is 38.5 Å². The summed E-state index contributed by atoms with van der Waals surface area (Å²) in [6, 6.07) is 9.81.